The highest BCUT2D eigenvalue weighted by molar-refractivity contribution is 5.75. The van der Waals surface area contributed by atoms with Crippen molar-refractivity contribution in [3.05, 3.63) is 12.4 Å². The molecule has 0 saturated carbocycles. The Morgan fingerprint density at radius 2 is 2.37 bits per heavy atom. The fourth-order valence-electron chi connectivity index (χ4n) is 1.67. The molecule has 6 heteroatoms. The van der Waals surface area contributed by atoms with Gasteiger partial charge in [-0.2, -0.15) is 5.10 Å². The maximum atomic E-state index is 11.7. The quantitative estimate of drug-likeness (QED) is 0.721. The second-order valence-corrected chi connectivity index (χ2v) is 4.50. The van der Waals surface area contributed by atoms with Gasteiger partial charge >= 0.3 is 0 Å². The van der Waals surface area contributed by atoms with E-state index in [4.69, 9.17) is 10.5 Å². The minimum atomic E-state index is 0.0781. The Kier molecular flexibility index (Phi) is 6.95. The lowest BCUT2D eigenvalue weighted by Crippen LogP contribution is -2.29. The third kappa shape index (κ3) is 5.74. The first-order chi connectivity index (χ1) is 9.17. The number of nitrogens with two attached hydrogens (primary N) is 1. The van der Waals surface area contributed by atoms with E-state index in [0.29, 0.717) is 31.9 Å². The van der Waals surface area contributed by atoms with Gasteiger partial charge in [-0.15, -0.1) is 0 Å². The van der Waals surface area contributed by atoms with Crippen LogP contribution in [0.3, 0.4) is 0 Å². The number of ether oxygens (including phenoxy) is 1. The highest BCUT2D eigenvalue weighted by atomic mass is 16.5. The molecule has 1 rings (SSSR count). The number of nitrogens with zero attached hydrogens (tertiary/aromatic N) is 3. The van der Waals surface area contributed by atoms with Crippen LogP contribution in [-0.2, 0) is 11.3 Å². The summed E-state index contributed by atoms with van der Waals surface area (Å²) in [7, 11) is 1.79. The first-order valence-electron chi connectivity index (χ1n) is 6.76. The third-order valence-electron chi connectivity index (χ3n) is 2.77. The van der Waals surface area contributed by atoms with E-state index in [1.54, 1.807) is 18.1 Å². The fraction of sp³-hybridized carbons (Fsp3) is 0.692. The van der Waals surface area contributed by atoms with E-state index in [0.717, 1.165) is 19.4 Å². The molecule has 0 bridgehead atoms. The molecule has 0 aromatic carbocycles. The van der Waals surface area contributed by atoms with Gasteiger partial charge < -0.3 is 15.4 Å². The molecule has 2 N–H and O–H groups in total. The molecule has 108 valence electrons. The topological polar surface area (TPSA) is 73.4 Å². The Bertz CT molecular complexity index is 378. The molecule has 0 aliphatic rings. The summed E-state index contributed by atoms with van der Waals surface area (Å²) in [5.41, 5.74) is 5.41. The molecular weight excluding hydrogens is 244 g/mol. The Morgan fingerprint density at radius 1 is 1.58 bits per heavy atom. The summed E-state index contributed by atoms with van der Waals surface area (Å²) in [5, 5.41) is 4.16. The minimum absolute atomic E-state index is 0.0781. The Hall–Kier alpha value is -1.56. The van der Waals surface area contributed by atoms with Gasteiger partial charge in [0.05, 0.1) is 25.4 Å². The first kappa shape index (κ1) is 15.5. The smallest absolute Gasteiger partial charge is 0.225 e. The normalized spacial score (nSPS) is 10.5. The average Bonchev–Trinajstić information content (AvgIpc) is 2.84. The Balaban J connectivity index is 2.23. The van der Waals surface area contributed by atoms with Gasteiger partial charge in [-0.05, 0) is 19.4 Å². The lowest BCUT2D eigenvalue weighted by atomic mass is 10.3. The van der Waals surface area contributed by atoms with Gasteiger partial charge in [-0.25, -0.2) is 0 Å². The van der Waals surface area contributed by atoms with Gasteiger partial charge in [0, 0.05) is 20.1 Å². The number of aromatic nitrogens is 2. The molecule has 1 heterocycles. The number of hydrogen-bond donors (Lipinski definition) is 1. The maximum absolute atomic E-state index is 11.7. The van der Waals surface area contributed by atoms with Gasteiger partial charge in [-0.3, -0.25) is 9.48 Å². The number of aryl methyl sites for hydroxylation is 1. The van der Waals surface area contributed by atoms with Crippen molar-refractivity contribution in [2.24, 2.45) is 5.73 Å². The summed E-state index contributed by atoms with van der Waals surface area (Å²) in [6, 6.07) is 0. The maximum Gasteiger partial charge on any atom is 0.225 e. The van der Waals surface area contributed by atoms with Crippen LogP contribution in [0, 0.1) is 0 Å². The van der Waals surface area contributed by atoms with E-state index in [1.807, 2.05) is 10.9 Å². The number of amides is 1. The molecule has 0 aliphatic heterocycles. The van der Waals surface area contributed by atoms with Crippen molar-refractivity contribution in [1.82, 2.24) is 14.7 Å². The van der Waals surface area contributed by atoms with Crippen LogP contribution in [0.15, 0.2) is 12.4 Å². The monoisotopic (exact) mass is 268 g/mol. The summed E-state index contributed by atoms with van der Waals surface area (Å²) >= 11 is 0. The standard InChI is InChI=1S/C13H24N4O2/c1-3-7-17-11-12(10-15-17)19-9-5-13(18)16(2)8-4-6-14/h10-11H,3-9,14H2,1-2H3. The van der Waals surface area contributed by atoms with Crippen LogP contribution in [0.1, 0.15) is 26.2 Å². The predicted molar refractivity (Wildman–Crippen MR) is 73.9 cm³/mol. The summed E-state index contributed by atoms with van der Waals surface area (Å²) in [6.07, 6.45) is 5.77. The summed E-state index contributed by atoms with van der Waals surface area (Å²) in [4.78, 5) is 13.4. The molecule has 0 unspecified atom stereocenters. The first-order valence-corrected chi connectivity index (χ1v) is 6.76. The van der Waals surface area contributed by atoms with Crippen molar-refractivity contribution >= 4 is 5.91 Å². The van der Waals surface area contributed by atoms with Crippen LogP contribution in [0.5, 0.6) is 5.75 Å². The zero-order chi connectivity index (χ0) is 14.1. The number of rotatable bonds is 9. The van der Waals surface area contributed by atoms with Crippen LogP contribution < -0.4 is 10.5 Å². The van der Waals surface area contributed by atoms with Crippen LogP contribution in [0.25, 0.3) is 0 Å². The summed E-state index contributed by atoms with van der Waals surface area (Å²) in [5.74, 6) is 0.792. The van der Waals surface area contributed by atoms with Crippen LogP contribution in [0.2, 0.25) is 0 Å². The van der Waals surface area contributed by atoms with E-state index >= 15 is 0 Å². The SMILES string of the molecule is CCCn1cc(OCCC(=O)N(C)CCCN)cn1. The van der Waals surface area contributed by atoms with Crippen molar-refractivity contribution in [2.75, 3.05) is 26.7 Å². The number of carbonyl (C=O) groups excluding carboxylic acids is 1. The molecule has 1 amide bonds. The predicted octanol–water partition coefficient (Wildman–Crippen LogP) is 0.869. The minimum Gasteiger partial charge on any atom is -0.490 e. The molecule has 0 saturated heterocycles. The molecule has 0 spiro atoms. The largest absolute Gasteiger partial charge is 0.490 e. The second-order valence-electron chi connectivity index (χ2n) is 4.50. The van der Waals surface area contributed by atoms with Crippen LogP contribution in [-0.4, -0.2) is 47.3 Å². The molecule has 1 aromatic heterocycles. The highest BCUT2D eigenvalue weighted by Gasteiger charge is 2.08. The number of carbonyl (C=O) groups is 1. The van der Waals surface area contributed by atoms with Crippen molar-refractivity contribution in [1.29, 1.82) is 0 Å². The van der Waals surface area contributed by atoms with Crippen molar-refractivity contribution in [3.8, 4) is 5.75 Å². The third-order valence-corrected chi connectivity index (χ3v) is 2.77. The van der Waals surface area contributed by atoms with Gasteiger partial charge in [0.25, 0.3) is 0 Å². The average molecular weight is 268 g/mol. The van der Waals surface area contributed by atoms with Gasteiger partial charge in [-0.1, -0.05) is 6.92 Å². The lowest BCUT2D eigenvalue weighted by molar-refractivity contribution is -0.130. The zero-order valence-corrected chi connectivity index (χ0v) is 11.8. The molecule has 0 radical (unpaired) electrons. The van der Waals surface area contributed by atoms with Gasteiger partial charge in [0.15, 0.2) is 5.75 Å². The van der Waals surface area contributed by atoms with Gasteiger partial charge in [0.1, 0.15) is 0 Å². The molecule has 6 nitrogen and oxygen atoms in total. The lowest BCUT2D eigenvalue weighted by Gasteiger charge is -2.16. The molecule has 19 heavy (non-hydrogen) atoms. The van der Waals surface area contributed by atoms with E-state index in [1.165, 1.54) is 0 Å². The Morgan fingerprint density at radius 3 is 3.05 bits per heavy atom. The van der Waals surface area contributed by atoms with E-state index in [2.05, 4.69) is 12.0 Å². The van der Waals surface area contributed by atoms with Gasteiger partial charge in [0.2, 0.25) is 5.91 Å². The van der Waals surface area contributed by atoms with Crippen molar-refractivity contribution in [3.63, 3.8) is 0 Å². The van der Waals surface area contributed by atoms with E-state index in [9.17, 15) is 4.79 Å². The Labute approximate surface area is 114 Å². The summed E-state index contributed by atoms with van der Waals surface area (Å²) in [6.45, 7) is 4.65. The van der Waals surface area contributed by atoms with Crippen LogP contribution in [0.4, 0.5) is 0 Å². The highest BCUT2D eigenvalue weighted by Crippen LogP contribution is 2.09. The number of hydrogen-bond acceptors (Lipinski definition) is 4. The molecule has 1 aromatic rings. The summed E-state index contributed by atoms with van der Waals surface area (Å²) < 4.78 is 7.34. The van der Waals surface area contributed by atoms with E-state index < -0.39 is 0 Å². The van der Waals surface area contributed by atoms with Crippen molar-refractivity contribution in [2.45, 2.75) is 32.7 Å². The molecule has 0 fully saturated rings. The van der Waals surface area contributed by atoms with E-state index in [-0.39, 0.29) is 5.91 Å². The molecule has 0 atom stereocenters. The van der Waals surface area contributed by atoms with Crippen LogP contribution >= 0.6 is 0 Å². The zero-order valence-electron chi connectivity index (χ0n) is 11.8. The molecular formula is C13H24N4O2. The molecule has 0 aliphatic carbocycles. The van der Waals surface area contributed by atoms with Crippen molar-refractivity contribution < 1.29 is 9.53 Å². The second kappa shape index (κ2) is 8.53. The fourth-order valence-corrected chi connectivity index (χ4v) is 1.67.